The van der Waals surface area contributed by atoms with Gasteiger partial charge in [0.05, 0.1) is 11.6 Å². The molecule has 0 aliphatic carbocycles. The Balaban J connectivity index is 1.48. The highest BCUT2D eigenvalue weighted by Gasteiger charge is 2.38. The Bertz CT molecular complexity index is 870. The predicted molar refractivity (Wildman–Crippen MR) is 94.6 cm³/mol. The number of hydrogen-bond acceptors (Lipinski definition) is 6. The van der Waals surface area contributed by atoms with E-state index in [1.165, 1.54) is 11.3 Å². The van der Waals surface area contributed by atoms with E-state index < -0.39 is 11.4 Å². The van der Waals surface area contributed by atoms with Gasteiger partial charge in [-0.05, 0) is 38.0 Å². The molecule has 4 rings (SSSR count). The van der Waals surface area contributed by atoms with Crippen LogP contribution in [0.1, 0.15) is 29.4 Å². The average molecular weight is 374 g/mol. The van der Waals surface area contributed by atoms with Crippen LogP contribution in [0.4, 0.5) is 0 Å². The number of nitrogens with zero attached hydrogens (tertiary/aromatic N) is 2. The summed E-state index contributed by atoms with van der Waals surface area (Å²) in [6.45, 7) is 2.84. The van der Waals surface area contributed by atoms with Crippen LogP contribution in [0, 0.1) is 5.41 Å². The van der Waals surface area contributed by atoms with Gasteiger partial charge in [-0.3, -0.25) is 9.59 Å². The van der Waals surface area contributed by atoms with E-state index in [-0.39, 0.29) is 12.7 Å². The summed E-state index contributed by atoms with van der Waals surface area (Å²) in [7, 11) is 0. The Morgan fingerprint density at radius 2 is 1.96 bits per heavy atom. The number of benzene rings is 1. The van der Waals surface area contributed by atoms with E-state index >= 15 is 0 Å². The lowest BCUT2D eigenvalue weighted by atomic mass is 9.80. The number of fused-ring (bicyclic) bond motifs is 1. The molecule has 1 saturated heterocycles. The first-order chi connectivity index (χ1) is 12.5. The number of carbonyl (C=O) groups excluding carboxylic acids is 1. The van der Waals surface area contributed by atoms with Gasteiger partial charge in [-0.25, -0.2) is 4.98 Å². The first-order valence-corrected chi connectivity index (χ1v) is 9.16. The Morgan fingerprint density at radius 3 is 2.69 bits per heavy atom. The van der Waals surface area contributed by atoms with Crippen LogP contribution in [-0.4, -0.2) is 46.7 Å². The highest BCUT2D eigenvalue weighted by atomic mass is 32.1. The smallest absolute Gasteiger partial charge is 0.309 e. The van der Waals surface area contributed by atoms with Crippen LogP contribution in [0.3, 0.4) is 0 Å². The van der Waals surface area contributed by atoms with Crippen LogP contribution in [0.5, 0.6) is 11.5 Å². The molecule has 0 bridgehead atoms. The van der Waals surface area contributed by atoms with Crippen molar-refractivity contribution < 1.29 is 24.2 Å². The minimum atomic E-state index is -0.799. The SMILES string of the molecule is CC1(C(=O)O)CCN(C(=O)c2cnc(-c3ccc4c(c3)OCO4)s2)CC1. The first-order valence-electron chi connectivity index (χ1n) is 8.35. The third-order valence-corrected chi connectivity index (χ3v) is 6.04. The van der Waals surface area contributed by atoms with Gasteiger partial charge in [-0.15, -0.1) is 11.3 Å². The molecule has 1 amide bonds. The molecule has 2 aliphatic heterocycles. The lowest BCUT2D eigenvalue weighted by Gasteiger charge is -2.36. The van der Waals surface area contributed by atoms with Gasteiger partial charge in [0.2, 0.25) is 6.79 Å². The minimum Gasteiger partial charge on any atom is -0.481 e. The second-order valence-electron chi connectivity index (χ2n) is 6.76. The second kappa shape index (κ2) is 6.28. The third-order valence-electron chi connectivity index (χ3n) is 5.01. The second-order valence-corrected chi connectivity index (χ2v) is 7.79. The molecule has 7 nitrogen and oxygen atoms in total. The van der Waals surface area contributed by atoms with E-state index in [1.807, 2.05) is 18.2 Å². The van der Waals surface area contributed by atoms with Crippen molar-refractivity contribution in [3.05, 3.63) is 29.3 Å². The van der Waals surface area contributed by atoms with E-state index in [1.54, 1.807) is 18.0 Å². The van der Waals surface area contributed by atoms with Crippen LogP contribution < -0.4 is 9.47 Å². The summed E-state index contributed by atoms with van der Waals surface area (Å²) in [5.74, 6) is 0.486. The van der Waals surface area contributed by atoms with Crippen LogP contribution in [-0.2, 0) is 4.79 Å². The van der Waals surface area contributed by atoms with Crippen molar-refractivity contribution >= 4 is 23.2 Å². The zero-order valence-electron chi connectivity index (χ0n) is 14.2. The van der Waals surface area contributed by atoms with Crippen LogP contribution in [0.25, 0.3) is 10.6 Å². The molecule has 2 aliphatic rings. The first kappa shape index (κ1) is 16.8. The number of carbonyl (C=O) groups is 2. The lowest BCUT2D eigenvalue weighted by molar-refractivity contribution is -0.150. The average Bonchev–Trinajstić information content (AvgIpc) is 3.30. The molecule has 1 aromatic heterocycles. The van der Waals surface area contributed by atoms with Crippen molar-refractivity contribution in [2.24, 2.45) is 5.41 Å². The molecule has 0 spiro atoms. The Labute approximate surface area is 154 Å². The number of rotatable bonds is 3. The number of carboxylic acid groups (broad SMARTS) is 1. The molecule has 2 aromatic rings. The highest BCUT2D eigenvalue weighted by Crippen LogP contribution is 2.37. The van der Waals surface area contributed by atoms with Crippen molar-refractivity contribution in [1.82, 2.24) is 9.88 Å². The summed E-state index contributed by atoms with van der Waals surface area (Å²) in [5.41, 5.74) is 0.123. The number of amides is 1. The molecular formula is C18H18N2O5S. The molecule has 1 N–H and O–H groups in total. The van der Waals surface area contributed by atoms with Gasteiger partial charge in [0.1, 0.15) is 9.88 Å². The van der Waals surface area contributed by atoms with Gasteiger partial charge in [0.25, 0.3) is 5.91 Å². The topological polar surface area (TPSA) is 89.0 Å². The van der Waals surface area contributed by atoms with Crippen molar-refractivity contribution in [3.8, 4) is 22.1 Å². The van der Waals surface area contributed by atoms with Crippen LogP contribution in [0.15, 0.2) is 24.4 Å². The summed E-state index contributed by atoms with van der Waals surface area (Å²) < 4.78 is 10.7. The fourth-order valence-corrected chi connectivity index (χ4v) is 3.99. The zero-order chi connectivity index (χ0) is 18.3. The molecule has 1 fully saturated rings. The quantitative estimate of drug-likeness (QED) is 0.889. The minimum absolute atomic E-state index is 0.0954. The maximum absolute atomic E-state index is 12.7. The normalized spacial score (nSPS) is 18.0. The van der Waals surface area contributed by atoms with E-state index in [4.69, 9.17) is 9.47 Å². The van der Waals surface area contributed by atoms with Gasteiger partial charge in [-0.1, -0.05) is 0 Å². The number of piperidine rings is 1. The summed E-state index contributed by atoms with van der Waals surface area (Å²) >= 11 is 1.32. The third kappa shape index (κ3) is 2.90. The molecule has 0 unspecified atom stereocenters. The maximum atomic E-state index is 12.7. The fraction of sp³-hybridized carbons (Fsp3) is 0.389. The van der Waals surface area contributed by atoms with Crippen molar-refractivity contribution in [1.29, 1.82) is 0 Å². The predicted octanol–water partition coefficient (Wildman–Crippen LogP) is 2.87. The van der Waals surface area contributed by atoms with E-state index in [2.05, 4.69) is 4.98 Å². The molecule has 136 valence electrons. The maximum Gasteiger partial charge on any atom is 0.309 e. The summed E-state index contributed by atoms with van der Waals surface area (Å²) in [4.78, 5) is 30.7. The van der Waals surface area contributed by atoms with Crippen LogP contribution >= 0.6 is 11.3 Å². The van der Waals surface area contributed by atoms with E-state index in [9.17, 15) is 14.7 Å². The number of carboxylic acids is 1. The molecule has 8 heteroatoms. The van der Waals surface area contributed by atoms with E-state index in [0.29, 0.717) is 42.3 Å². The number of thiazole rings is 1. The molecule has 0 atom stereocenters. The molecule has 0 saturated carbocycles. The number of aromatic nitrogens is 1. The fourth-order valence-electron chi connectivity index (χ4n) is 3.11. The number of likely N-dealkylation sites (tertiary alicyclic amines) is 1. The molecular weight excluding hydrogens is 356 g/mol. The number of ether oxygens (including phenoxy) is 2. The summed E-state index contributed by atoms with van der Waals surface area (Å²) in [6.07, 6.45) is 2.50. The highest BCUT2D eigenvalue weighted by molar-refractivity contribution is 7.16. The van der Waals surface area contributed by atoms with E-state index in [0.717, 1.165) is 10.6 Å². The molecule has 1 aromatic carbocycles. The zero-order valence-corrected chi connectivity index (χ0v) is 15.0. The number of aliphatic carboxylic acids is 1. The standard InChI is InChI=1S/C18H18N2O5S/c1-18(17(22)23)4-6-20(7-5-18)16(21)14-9-19-15(26-14)11-2-3-12-13(8-11)25-10-24-12/h2-3,8-9H,4-7,10H2,1H3,(H,22,23). The Kier molecular flexibility index (Phi) is 4.07. The summed E-state index contributed by atoms with van der Waals surface area (Å²) in [5, 5.41) is 10.0. The monoisotopic (exact) mass is 374 g/mol. The number of hydrogen-bond donors (Lipinski definition) is 1. The van der Waals surface area contributed by atoms with Crippen LogP contribution in [0.2, 0.25) is 0 Å². The van der Waals surface area contributed by atoms with Gasteiger partial charge in [0.15, 0.2) is 11.5 Å². The molecule has 26 heavy (non-hydrogen) atoms. The largest absolute Gasteiger partial charge is 0.481 e. The van der Waals surface area contributed by atoms with Crippen molar-refractivity contribution in [2.45, 2.75) is 19.8 Å². The Hall–Kier alpha value is -2.61. The van der Waals surface area contributed by atoms with Gasteiger partial charge >= 0.3 is 5.97 Å². The van der Waals surface area contributed by atoms with Gasteiger partial charge in [0, 0.05) is 18.7 Å². The van der Waals surface area contributed by atoms with Crippen molar-refractivity contribution in [3.63, 3.8) is 0 Å². The van der Waals surface area contributed by atoms with Gasteiger partial charge < -0.3 is 19.5 Å². The summed E-state index contributed by atoms with van der Waals surface area (Å²) in [6, 6.07) is 5.58. The van der Waals surface area contributed by atoms with Crippen molar-refractivity contribution in [2.75, 3.05) is 19.9 Å². The molecule has 0 radical (unpaired) electrons. The lowest BCUT2D eigenvalue weighted by Crippen LogP contribution is -2.45. The Morgan fingerprint density at radius 1 is 1.23 bits per heavy atom. The molecule has 3 heterocycles. The van der Waals surface area contributed by atoms with Gasteiger partial charge in [-0.2, -0.15) is 0 Å².